The molecular formula is C22H30N2O2. The van der Waals surface area contributed by atoms with Crippen molar-refractivity contribution in [2.24, 2.45) is 0 Å². The summed E-state index contributed by atoms with van der Waals surface area (Å²) in [6.07, 6.45) is 0. The molecule has 2 aromatic carbocycles. The second kappa shape index (κ2) is 8.37. The maximum atomic E-state index is 12.4. The van der Waals surface area contributed by atoms with Gasteiger partial charge in [-0.15, -0.1) is 0 Å². The zero-order valence-corrected chi connectivity index (χ0v) is 16.7. The van der Waals surface area contributed by atoms with Gasteiger partial charge >= 0.3 is 0 Å². The summed E-state index contributed by atoms with van der Waals surface area (Å²) in [5, 5.41) is 2.94. The lowest BCUT2D eigenvalue weighted by molar-refractivity contribution is -0.117. The molecule has 0 aliphatic carbocycles. The minimum absolute atomic E-state index is 0.0530. The first-order valence-electron chi connectivity index (χ1n) is 8.91. The molecule has 0 radical (unpaired) electrons. The Kier molecular flexibility index (Phi) is 6.43. The Bertz CT molecular complexity index is 746. The minimum Gasteiger partial charge on any atom is -0.495 e. The second-order valence-corrected chi connectivity index (χ2v) is 7.87. The van der Waals surface area contributed by atoms with Gasteiger partial charge in [0, 0.05) is 6.54 Å². The van der Waals surface area contributed by atoms with Gasteiger partial charge in [0.1, 0.15) is 5.75 Å². The number of methoxy groups -OCH3 is 1. The van der Waals surface area contributed by atoms with Crippen LogP contribution in [0.25, 0.3) is 0 Å². The highest BCUT2D eigenvalue weighted by atomic mass is 16.5. The maximum Gasteiger partial charge on any atom is 0.238 e. The van der Waals surface area contributed by atoms with Crippen LogP contribution in [0.1, 0.15) is 37.5 Å². The number of ether oxygens (including phenoxy) is 1. The number of amides is 1. The lowest BCUT2D eigenvalue weighted by Gasteiger charge is -2.20. The molecular weight excluding hydrogens is 324 g/mol. The first-order valence-corrected chi connectivity index (χ1v) is 8.91. The van der Waals surface area contributed by atoms with Crippen molar-refractivity contribution in [2.45, 2.75) is 39.7 Å². The van der Waals surface area contributed by atoms with Crippen molar-refractivity contribution in [1.29, 1.82) is 0 Å². The van der Waals surface area contributed by atoms with E-state index in [4.69, 9.17) is 4.74 Å². The molecule has 0 aliphatic heterocycles. The van der Waals surface area contributed by atoms with Crippen molar-refractivity contribution in [3.63, 3.8) is 0 Å². The largest absolute Gasteiger partial charge is 0.495 e. The molecule has 2 aromatic rings. The zero-order chi connectivity index (χ0) is 19.3. The number of likely N-dealkylation sites (N-methyl/N-ethyl adjacent to an activating group) is 1. The molecule has 0 spiro atoms. The number of carbonyl (C=O) groups is 1. The molecule has 0 unspecified atom stereocenters. The van der Waals surface area contributed by atoms with Crippen LogP contribution < -0.4 is 10.1 Å². The normalized spacial score (nSPS) is 11.5. The number of nitrogens with zero attached hydrogens (tertiary/aromatic N) is 1. The van der Waals surface area contributed by atoms with E-state index < -0.39 is 0 Å². The third-order valence-corrected chi connectivity index (χ3v) is 4.32. The van der Waals surface area contributed by atoms with Crippen LogP contribution in [0.15, 0.2) is 42.5 Å². The molecule has 26 heavy (non-hydrogen) atoms. The average Bonchev–Trinajstić information content (AvgIpc) is 2.54. The van der Waals surface area contributed by atoms with Gasteiger partial charge in [0.05, 0.1) is 19.3 Å². The monoisotopic (exact) mass is 354 g/mol. The Balaban J connectivity index is 1.94. The molecule has 2 rings (SSSR count). The molecule has 0 saturated heterocycles. The van der Waals surface area contributed by atoms with Crippen LogP contribution in [-0.4, -0.2) is 31.5 Å². The molecule has 0 fully saturated rings. The molecule has 0 aliphatic rings. The molecule has 0 bridgehead atoms. The fraction of sp³-hybridized carbons (Fsp3) is 0.409. The summed E-state index contributed by atoms with van der Waals surface area (Å²) in [6, 6.07) is 14.4. The summed E-state index contributed by atoms with van der Waals surface area (Å²) < 4.78 is 5.31. The van der Waals surface area contributed by atoms with Gasteiger partial charge in [0.2, 0.25) is 5.91 Å². The fourth-order valence-electron chi connectivity index (χ4n) is 2.83. The van der Waals surface area contributed by atoms with E-state index in [9.17, 15) is 4.79 Å². The summed E-state index contributed by atoms with van der Waals surface area (Å²) in [7, 11) is 3.55. The first kappa shape index (κ1) is 20.0. The Morgan fingerprint density at radius 1 is 1.12 bits per heavy atom. The van der Waals surface area contributed by atoms with Gasteiger partial charge in [-0.25, -0.2) is 0 Å². The summed E-state index contributed by atoms with van der Waals surface area (Å²) >= 11 is 0. The third-order valence-electron chi connectivity index (χ3n) is 4.32. The quantitative estimate of drug-likeness (QED) is 0.837. The van der Waals surface area contributed by atoms with Crippen molar-refractivity contribution in [1.82, 2.24) is 4.90 Å². The number of hydrogen-bond donors (Lipinski definition) is 1. The molecule has 0 atom stereocenters. The van der Waals surface area contributed by atoms with Crippen molar-refractivity contribution in [3.8, 4) is 5.75 Å². The number of benzene rings is 2. The van der Waals surface area contributed by atoms with Crippen LogP contribution in [0.4, 0.5) is 5.69 Å². The molecule has 1 amide bonds. The molecule has 0 saturated carbocycles. The highest BCUT2D eigenvalue weighted by molar-refractivity contribution is 5.93. The van der Waals surface area contributed by atoms with Gasteiger partial charge in [0.15, 0.2) is 0 Å². The van der Waals surface area contributed by atoms with E-state index in [2.05, 4.69) is 50.4 Å². The highest BCUT2D eigenvalue weighted by Crippen LogP contribution is 2.25. The first-order chi connectivity index (χ1) is 12.2. The van der Waals surface area contributed by atoms with Crippen molar-refractivity contribution >= 4 is 11.6 Å². The van der Waals surface area contributed by atoms with Gasteiger partial charge in [-0.3, -0.25) is 9.69 Å². The van der Waals surface area contributed by atoms with Gasteiger partial charge in [-0.05, 0) is 48.2 Å². The second-order valence-electron chi connectivity index (χ2n) is 7.87. The summed E-state index contributed by atoms with van der Waals surface area (Å²) in [5.41, 5.74) is 4.44. The van der Waals surface area contributed by atoms with E-state index in [1.165, 1.54) is 11.1 Å². The van der Waals surface area contributed by atoms with Crippen molar-refractivity contribution in [2.75, 3.05) is 26.0 Å². The van der Waals surface area contributed by atoms with Gasteiger partial charge < -0.3 is 10.1 Å². The fourth-order valence-corrected chi connectivity index (χ4v) is 2.83. The van der Waals surface area contributed by atoms with Crippen LogP contribution in [0, 0.1) is 6.92 Å². The number of anilines is 1. The third kappa shape index (κ3) is 5.60. The number of nitrogens with one attached hydrogen (secondary N) is 1. The predicted molar refractivity (Wildman–Crippen MR) is 108 cm³/mol. The highest BCUT2D eigenvalue weighted by Gasteiger charge is 2.14. The van der Waals surface area contributed by atoms with E-state index in [1.54, 1.807) is 7.11 Å². The Labute approximate surface area is 157 Å². The van der Waals surface area contributed by atoms with E-state index in [1.807, 2.05) is 37.1 Å². The number of hydrogen-bond acceptors (Lipinski definition) is 3. The number of aryl methyl sites for hydroxylation is 1. The van der Waals surface area contributed by atoms with E-state index in [0.717, 1.165) is 12.1 Å². The lowest BCUT2D eigenvalue weighted by Crippen LogP contribution is -2.30. The Morgan fingerprint density at radius 2 is 1.77 bits per heavy atom. The smallest absolute Gasteiger partial charge is 0.238 e. The summed E-state index contributed by atoms with van der Waals surface area (Å²) in [6.45, 7) is 9.65. The molecule has 0 heterocycles. The van der Waals surface area contributed by atoms with Crippen LogP contribution in [-0.2, 0) is 16.8 Å². The summed E-state index contributed by atoms with van der Waals surface area (Å²) in [4.78, 5) is 14.4. The van der Waals surface area contributed by atoms with Gasteiger partial charge in [0.25, 0.3) is 0 Å². The number of rotatable bonds is 6. The van der Waals surface area contributed by atoms with Crippen molar-refractivity contribution < 1.29 is 9.53 Å². The molecule has 4 heteroatoms. The Hall–Kier alpha value is -2.33. The van der Waals surface area contributed by atoms with E-state index in [0.29, 0.717) is 18.0 Å². The molecule has 1 N–H and O–H groups in total. The van der Waals surface area contributed by atoms with Gasteiger partial charge in [-0.1, -0.05) is 51.1 Å². The van der Waals surface area contributed by atoms with E-state index >= 15 is 0 Å². The van der Waals surface area contributed by atoms with Crippen LogP contribution >= 0.6 is 0 Å². The minimum atomic E-state index is -0.0530. The van der Waals surface area contributed by atoms with E-state index in [-0.39, 0.29) is 11.3 Å². The predicted octanol–water partition coefficient (Wildman–Crippen LogP) is 4.37. The molecule has 4 nitrogen and oxygen atoms in total. The molecule has 140 valence electrons. The zero-order valence-electron chi connectivity index (χ0n) is 16.7. The van der Waals surface area contributed by atoms with Crippen molar-refractivity contribution in [3.05, 3.63) is 59.2 Å². The van der Waals surface area contributed by atoms with Crippen LogP contribution in [0.3, 0.4) is 0 Å². The lowest BCUT2D eigenvalue weighted by atomic mass is 9.87. The topological polar surface area (TPSA) is 41.6 Å². The average molecular weight is 354 g/mol. The maximum absolute atomic E-state index is 12.4. The van der Waals surface area contributed by atoms with Crippen LogP contribution in [0.2, 0.25) is 0 Å². The van der Waals surface area contributed by atoms with Gasteiger partial charge in [-0.2, -0.15) is 0 Å². The standard InChI is InChI=1S/C22H30N2O2/c1-16-7-12-20(26-6)19(13-16)23-21(25)15-24(5)14-17-8-10-18(11-9-17)22(2,3)4/h7-13H,14-15H2,1-6H3,(H,23,25). The summed E-state index contributed by atoms with van der Waals surface area (Å²) in [5.74, 6) is 0.618. The Morgan fingerprint density at radius 3 is 2.35 bits per heavy atom. The SMILES string of the molecule is COc1ccc(C)cc1NC(=O)CN(C)Cc1ccc(C(C)(C)C)cc1. The molecule has 0 aromatic heterocycles. The van der Waals surface area contributed by atoms with Crippen LogP contribution in [0.5, 0.6) is 5.75 Å². The number of carbonyl (C=O) groups excluding carboxylic acids is 1.